The van der Waals surface area contributed by atoms with E-state index in [9.17, 15) is 9.90 Å². The van der Waals surface area contributed by atoms with Gasteiger partial charge in [0.2, 0.25) is 0 Å². The first-order chi connectivity index (χ1) is 11.4. The van der Waals surface area contributed by atoms with Gasteiger partial charge in [0.25, 0.3) is 5.91 Å². The van der Waals surface area contributed by atoms with Gasteiger partial charge >= 0.3 is 0 Å². The van der Waals surface area contributed by atoms with E-state index in [0.717, 1.165) is 4.47 Å². The second kappa shape index (κ2) is 8.37. The summed E-state index contributed by atoms with van der Waals surface area (Å²) in [5.41, 5.74) is 3.47. The van der Waals surface area contributed by atoms with Crippen molar-refractivity contribution in [2.24, 2.45) is 5.10 Å². The van der Waals surface area contributed by atoms with Crippen molar-refractivity contribution < 1.29 is 14.6 Å². The topological polar surface area (TPSA) is 70.9 Å². The minimum absolute atomic E-state index is 0.0955. The van der Waals surface area contributed by atoms with Crippen LogP contribution in [0.25, 0.3) is 0 Å². The molecule has 0 unspecified atom stereocenters. The highest BCUT2D eigenvalue weighted by atomic mass is 79.9. The zero-order valence-corrected chi connectivity index (χ0v) is 15.6. The molecule has 0 atom stereocenters. The number of phenolic OH excluding ortho intramolecular Hbond substituents is 1. The maximum Gasteiger partial charge on any atom is 0.277 e. The standard InChI is InChI=1S/C16H13BrCl2N2O3/c1-9-4-11(17)5-10(16(9)23)7-20-21-15(22)8-24-14-6-12(18)2-3-13(14)19/h2-7,23H,8H2,1H3,(H,21,22). The first-order valence-corrected chi connectivity index (χ1v) is 8.30. The maximum absolute atomic E-state index is 11.7. The van der Waals surface area contributed by atoms with Gasteiger partial charge < -0.3 is 9.84 Å². The fraction of sp³-hybridized carbons (Fsp3) is 0.125. The van der Waals surface area contributed by atoms with E-state index >= 15 is 0 Å². The summed E-state index contributed by atoms with van der Waals surface area (Å²) in [5, 5.41) is 14.5. The molecule has 0 saturated heterocycles. The number of phenols is 1. The average Bonchev–Trinajstić information content (AvgIpc) is 2.52. The highest BCUT2D eigenvalue weighted by molar-refractivity contribution is 9.10. The molecule has 5 nitrogen and oxygen atoms in total. The average molecular weight is 432 g/mol. The lowest BCUT2D eigenvalue weighted by Crippen LogP contribution is -2.24. The van der Waals surface area contributed by atoms with Crippen LogP contribution in [0.15, 0.2) is 39.9 Å². The van der Waals surface area contributed by atoms with Crippen LogP contribution < -0.4 is 10.2 Å². The van der Waals surface area contributed by atoms with Crippen LogP contribution in [-0.2, 0) is 4.79 Å². The highest BCUT2D eigenvalue weighted by Gasteiger charge is 2.07. The molecule has 0 fully saturated rings. The molecule has 0 radical (unpaired) electrons. The van der Waals surface area contributed by atoms with Crippen LogP contribution in [0, 0.1) is 6.92 Å². The number of carbonyl (C=O) groups excluding carboxylic acids is 1. The Balaban J connectivity index is 1.93. The van der Waals surface area contributed by atoms with Gasteiger partial charge in [-0.3, -0.25) is 4.79 Å². The number of hydrogen-bond acceptors (Lipinski definition) is 4. The predicted octanol–water partition coefficient (Wildman–Crippen LogP) is 4.30. The SMILES string of the molecule is Cc1cc(Br)cc(C=NNC(=O)COc2cc(Cl)ccc2Cl)c1O. The molecule has 0 aliphatic carbocycles. The Labute approximate surface area is 157 Å². The molecular formula is C16H13BrCl2N2O3. The van der Waals surface area contributed by atoms with Crippen molar-refractivity contribution in [2.45, 2.75) is 6.92 Å². The number of nitrogens with one attached hydrogen (secondary N) is 1. The van der Waals surface area contributed by atoms with Crippen LogP contribution in [0.5, 0.6) is 11.5 Å². The molecule has 0 heterocycles. The Hall–Kier alpha value is -1.76. The van der Waals surface area contributed by atoms with Crippen molar-refractivity contribution in [2.75, 3.05) is 6.61 Å². The summed E-state index contributed by atoms with van der Waals surface area (Å²) in [6.45, 7) is 1.49. The van der Waals surface area contributed by atoms with Crippen molar-refractivity contribution in [3.05, 3.63) is 56.0 Å². The van der Waals surface area contributed by atoms with Crippen molar-refractivity contribution >= 4 is 51.3 Å². The number of benzene rings is 2. The summed E-state index contributed by atoms with van der Waals surface area (Å²) in [5.74, 6) is -0.0739. The lowest BCUT2D eigenvalue weighted by Gasteiger charge is -2.07. The molecule has 0 aliphatic rings. The fourth-order valence-corrected chi connectivity index (χ4v) is 2.72. The first kappa shape index (κ1) is 18.6. The molecule has 2 aromatic rings. The van der Waals surface area contributed by atoms with E-state index in [1.807, 2.05) is 0 Å². The number of amides is 1. The number of hydrazone groups is 1. The molecule has 0 spiro atoms. The Bertz CT molecular complexity index is 797. The molecule has 2 aromatic carbocycles. The van der Waals surface area contributed by atoms with Crippen molar-refractivity contribution in [3.8, 4) is 11.5 Å². The summed E-state index contributed by atoms with van der Waals surface area (Å²) in [4.78, 5) is 11.7. The quantitative estimate of drug-likeness (QED) is 0.547. The van der Waals surface area contributed by atoms with Crippen LogP contribution in [0.4, 0.5) is 0 Å². The van der Waals surface area contributed by atoms with Crippen LogP contribution >= 0.6 is 39.1 Å². The van der Waals surface area contributed by atoms with Gasteiger partial charge in [-0.05, 0) is 36.8 Å². The number of aromatic hydroxyl groups is 1. The van der Waals surface area contributed by atoms with Gasteiger partial charge in [0.05, 0.1) is 11.2 Å². The van der Waals surface area contributed by atoms with Crippen molar-refractivity contribution in [1.29, 1.82) is 0 Å². The van der Waals surface area contributed by atoms with Crippen LogP contribution in [-0.4, -0.2) is 23.8 Å². The Morgan fingerprint density at radius 2 is 2.12 bits per heavy atom. The van der Waals surface area contributed by atoms with Gasteiger partial charge in [0.15, 0.2) is 6.61 Å². The third kappa shape index (κ3) is 5.12. The second-order valence-corrected chi connectivity index (χ2v) is 6.58. The third-order valence-electron chi connectivity index (χ3n) is 2.94. The largest absolute Gasteiger partial charge is 0.507 e. The molecule has 1 amide bonds. The Kier molecular flexibility index (Phi) is 6.48. The molecule has 2 rings (SSSR count). The zero-order chi connectivity index (χ0) is 17.7. The number of ether oxygens (including phenoxy) is 1. The molecule has 0 bridgehead atoms. The lowest BCUT2D eigenvalue weighted by molar-refractivity contribution is -0.123. The highest BCUT2D eigenvalue weighted by Crippen LogP contribution is 2.27. The zero-order valence-electron chi connectivity index (χ0n) is 12.5. The number of aryl methyl sites for hydroxylation is 1. The number of hydrogen-bond donors (Lipinski definition) is 2. The number of halogens is 3. The normalized spacial score (nSPS) is 10.8. The summed E-state index contributed by atoms with van der Waals surface area (Å²) >= 11 is 15.1. The summed E-state index contributed by atoms with van der Waals surface area (Å²) < 4.78 is 6.08. The molecule has 0 saturated carbocycles. The molecule has 126 valence electrons. The monoisotopic (exact) mass is 430 g/mol. The van der Waals surface area contributed by atoms with Gasteiger partial charge in [-0.25, -0.2) is 5.43 Å². The molecule has 2 N–H and O–H groups in total. The molecule has 0 aromatic heterocycles. The smallest absolute Gasteiger partial charge is 0.277 e. The maximum atomic E-state index is 11.7. The summed E-state index contributed by atoms with van der Waals surface area (Å²) in [6.07, 6.45) is 1.34. The minimum Gasteiger partial charge on any atom is -0.507 e. The third-order valence-corrected chi connectivity index (χ3v) is 3.94. The van der Waals surface area contributed by atoms with Crippen molar-refractivity contribution in [1.82, 2.24) is 5.43 Å². The molecular weight excluding hydrogens is 419 g/mol. The molecule has 24 heavy (non-hydrogen) atoms. The van der Waals surface area contributed by atoms with E-state index in [4.69, 9.17) is 27.9 Å². The number of rotatable bonds is 5. The second-order valence-electron chi connectivity index (χ2n) is 4.82. The van der Waals surface area contributed by atoms with Gasteiger partial charge in [-0.1, -0.05) is 39.1 Å². The Morgan fingerprint density at radius 1 is 1.38 bits per heavy atom. The van der Waals surface area contributed by atoms with E-state index in [1.54, 1.807) is 31.2 Å². The summed E-state index contributed by atoms with van der Waals surface area (Å²) in [7, 11) is 0. The van der Waals surface area contributed by atoms with E-state index in [0.29, 0.717) is 26.9 Å². The van der Waals surface area contributed by atoms with E-state index in [-0.39, 0.29) is 12.4 Å². The first-order valence-electron chi connectivity index (χ1n) is 6.75. The van der Waals surface area contributed by atoms with Crippen molar-refractivity contribution in [3.63, 3.8) is 0 Å². The number of nitrogens with zero attached hydrogens (tertiary/aromatic N) is 1. The van der Waals surface area contributed by atoms with E-state index in [2.05, 4.69) is 26.5 Å². The summed E-state index contributed by atoms with van der Waals surface area (Å²) in [6, 6.07) is 8.16. The van der Waals surface area contributed by atoms with Crippen LogP contribution in [0.1, 0.15) is 11.1 Å². The molecule has 8 heteroatoms. The Morgan fingerprint density at radius 3 is 2.88 bits per heavy atom. The van der Waals surface area contributed by atoms with Gasteiger partial charge in [-0.15, -0.1) is 0 Å². The lowest BCUT2D eigenvalue weighted by atomic mass is 10.1. The fourth-order valence-electron chi connectivity index (χ4n) is 1.80. The molecule has 0 aliphatic heterocycles. The predicted molar refractivity (Wildman–Crippen MR) is 98.2 cm³/mol. The van der Waals surface area contributed by atoms with Gasteiger partial charge in [0, 0.05) is 21.1 Å². The van der Waals surface area contributed by atoms with E-state index in [1.165, 1.54) is 12.3 Å². The van der Waals surface area contributed by atoms with Crippen LogP contribution in [0.2, 0.25) is 10.0 Å². The van der Waals surface area contributed by atoms with E-state index < -0.39 is 5.91 Å². The van der Waals surface area contributed by atoms with Crippen LogP contribution in [0.3, 0.4) is 0 Å². The minimum atomic E-state index is -0.478. The van der Waals surface area contributed by atoms with Gasteiger partial charge in [-0.2, -0.15) is 5.10 Å². The number of carbonyl (C=O) groups is 1. The van der Waals surface area contributed by atoms with Gasteiger partial charge in [0.1, 0.15) is 11.5 Å².